The molecule has 0 atom stereocenters. The number of carbonyl (C=O) groups is 1. The number of amides is 1. The third-order valence-electron chi connectivity index (χ3n) is 5.02. The summed E-state index contributed by atoms with van der Waals surface area (Å²) in [6, 6.07) is 8.35. The molecule has 1 aliphatic rings. The lowest BCUT2D eigenvalue weighted by Crippen LogP contribution is -2.48. The number of anilines is 1. The lowest BCUT2D eigenvalue weighted by atomic mass is 10.2. The number of benzene rings is 1. The average molecular weight is 384 g/mol. The van der Waals surface area contributed by atoms with Gasteiger partial charge < -0.3 is 9.80 Å². The fourth-order valence-electron chi connectivity index (χ4n) is 3.44. The molecule has 0 unspecified atom stereocenters. The Morgan fingerprint density at radius 2 is 1.81 bits per heavy atom. The fourth-order valence-corrected chi connectivity index (χ4v) is 4.48. The van der Waals surface area contributed by atoms with E-state index in [2.05, 4.69) is 48.1 Å². The molecule has 3 aromatic rings. The smallest absolute Gasteiger partial charge is 0.222 e. The number of aromatic nitrogens is 3. The van der Waals surface area contributed by atoms with Gasteiger partial charge in [-0.25, -0.2) is 4.68 Å². The molecule has 1 aromatic carbocycles. The highest BCUT2D eigenvalue weighted by Gasteiger charge is 2.24. The molecule has 1 aliphatic heterocycles. The predicted molar refractivity (Wildman–Crippen MR) is 110 cm³/mol. The first-order chi connectivity index (χ1) is 13.1. The van der Waals surface area contributed by atoms with Gasteiger partial charge in [0.25, 0.3) is 0 Å². The second kappa shape index (κ2) is 7.31. The van der Waals surface area contributed by atoms with Gasteiger partial charge in [0.1, 0.15) is 0 Å². The van der Waals surface area contributed by atoms with E-state index in [0.29, 0.717) is 6.42 Å². The van der Waals surface area contributed by atoms with Gasteiger partial charge >= 0.3 is 0 Å². The van der Waals surface area contributed by atoms with E-state index in [4.69, 9.17) is 4.98 Å². The van der Waals surface area contributed by atoms with Crippen LogP contribution in [-0.4, -0.2) is 51.8 Å². The van der Waals surface area contributed by atoms with E-state index in [9.17, 15) is 4.79 Å². The number of hydrogen-bond donors (Lipinski definition) is 0. The highest BCUT2D eigenvalue weighted by atomic mass is 32.1. The van der Waals surface area contributed by atoms with E-state index in [1.54, 1.807) is 11.3 Å². The van der Waals surface area contributed by atoms with Crippen molar-refractivity contribution < 1.29 is 4.79 Å². The van der Waals surface area contributed by atoms with Crippen molar-refractivity contribution in [3.63, 3.8) is 0 Å². The van der Waals surface area contributed by atoms with Gasteiger partial charge in [0, 0.05) is 32.6 Å². The maximum atomic E-state index is 12.1. The Morgan fingerprint density at radius 3 is 2.48 bits per heavy atom. The molecule has 7 heteroatoms. The van der Waals surface area contributed by atoms with E-state index in [1.165, 1.54) is 5.56 Å². The molecule has 1 saturated heterocycles. The molecule has 2 aromatic heterocycles. The number of piperazine rings is 1. The van der Waals surface area contributed by atoms with Gasteiger partial charge in [0.05, 0.1) is 16.1 Å². The van der Waals surface area contributed by atoms with Gasteiger partial charge in [0.15, 0.2) is 10.8 Å². The number of aryl methyl sites for hydroxylation is 2. The van der Waals surface area contributed by atoms with Crippen LogP contribution in [0.3, 0.4) is 0 Å². The Balaban J connectivity index is 1.57. The van der Waals surface area contributed by atoms with Crippen LogP contribution in [0.4, 0.5) is 5.13 Å². The van der Waals surface area contributed by atoms with Crippen LogP contribution in [0.5, 0.6) is 0 Å². The van der Waals surface area contributed by atoms with E-state index in [0.717, 1.165) is 59.5 Å². The van der Waals surface area contributed by atoms with Gasteiger partial charge in [-0.15, -0.1) is 0 Å². The summed E-state index contributed by atoms with van der Waals surface area (Å²) in [4.78, 5) is 21.3. The third-order valence-corrected chi connectivity index (χ3v) is 6.24. The summed E-state index contributed by atoms with van der Waals surface area (Å²) in [6.45, 7) is 9.39. The van der Waals surface area contributed by atoms with Crippen molar-refractivity contribution in [1.29, 1.82) is 0 Å². The van der Waals surface area contributed by atoms with Crippen LogP contribution in [0, 0.1) is 13.8 Å². The number of thiazole rings is 1. The molecule has 6 nitrogen and oxygen atoms in total. The minimum atomic E-state index is 0.271. The maximum absolute atomic E-state index is 12.1. The Hall–Kier alpha value is -2.41. The summed E-state index contributed by atoms with van der Waals surface area (Å²) in [5, 5.41) is 5.71. The first-order valence-electron chi connectivity index (χ1n) is 9.52. The summed E-state index contributed by atoms with van der Waals surface area (Å²) in [5.41, 5.74) is 4.19. The van der Waals surface area contributed by atoms with Crippen LogP contribution in [0.2, 0.25) is 0 Å². The van der Waals surface area contributed by atoms with Crippen molar-refractivity contribution in [3.05, 3.63) is 35.5 Å². The largest absolute Gasteiger partial charge is 0.344 e. The lowest BCUT2D eigenvalue weighted by molar-refractivity contribution is -0.131. The molecule has 3 heterocycles. The fraction of sp³-hybridized carbons (Fsp3) is 0.450. The molecule has 0 aliphatic carbocycles. The normalized spacial score (nSPS) is 14.9. The van der Waals surface area contributed by atoms with Gasteiger partial charge in [0.2, 0.25) is 5.91 Å². The van der Waals surface area contributed by atoms with Crippen molar-refractivity contribution >= 4 is 32.7 Å². The van der Waals surface area contributed by atoms with Crippen molar-refractivity contribution in [2.45, 2.75) is 33.6 Å². The monoisotopic (exact) mass is 383 g/mol. The Labute approximate surface area is 163 Å². The zero-order valence-corrected chi connectivity index (χ0v) is 16.9. The Bertz CT molecular complexity index is 951. The quantitative estimate of drug-likeness (QED) is 0.691. The lowest BCUT2D eigenvalue weighted by Gasteiger charge is -2.34. The third kappa shape index (κ3) is 3.43. The van der Waals surface area contributed by atoms with Crippen LogP contribution < -0.4 is 4.90 Å². The molecule has 0 radical (unpaired) electrons. The van der Waals surface area contributed by atoms with Gasteiger partial charge in [-0.05, 0) is 32.4 Å². The first-order valence-corrected chi connectivity index (χ1v) is 10.3. The van der Waals surface area contributed by atoms with Crippen molar-refractivity contribution in [2.24, 2.45) is 0 Å². The standard InChI is InChI=1S/C20H25N5OS/c1-4-5-17(26)23-10-12-24(13-11-23)20-21-19-18(27-20)15(3)22-25(19)16-8-6-14(2)7-9-16/h6-9H,4-5,10-13H2,1-3H3. The maximum Gasteiger partial charge on any atom is 0.222 e. The second-order valence-corrected chi connectivity index (χ2v) is 8.08. The van der Waals surface area contributed by atoms with Crippen LogP contribution in [0.25, 0.3) is 16.0 Å². The summed E-state index contributed by atoms with van der Waals surface area (Å²) in [6.07, 6.45) is 1.55. The average Bonchev–Trinajstić information content (AvgIpc) is 3.24. The molecular weight excluding hydrogens is 358 g/mol. The van der Waals surface area contributed by atoms with Gasteiger partial charge in [-0.3, -0.25) is 4.79 Å². The highest BCUT2D eigenvalue weighted by Crippen LogP contribution is 2.33. The Kier molecular flexibility index (Phi) is 4.86. The minimum absolute atomic E-state index is 0.271. The summed E-state index contributed by atoms with van der Waals surface area (Å²) < 4.78 is 3.07. The molecule has 1 fully saturated rings. The Morgan fingerprint density at radius 1 is 1.11 bits per heavy atom. The predicted octanol–water partition coefficient (Wildman–Crippen LogP) is 3.55. The topological polar surface area (TPSA) is 54.3 Å². The number of fused-ring (bicyclic) bond motifs is 1. The van der Waals surface area contributed by atoms with Crippen LogP contribution in [0.1, 0.15) is 31.0 Å². The number of hydrogen-bond acceptors (Lipinski definition) is 5. The zero-order chi connectivity index (χ0) is 19.0. The van der Waals surface area contributed by atoms with Crippen LogP contribution in [-0.2, 0) is 4.79 Å². The van der Waals surface area contributed by atoms with Crippen LogP contribution in [0.15, 0.2) is 24.3 Å². The zero-order valence-electron chi connectivity index (χ0n) is 16.1. The second-order valence-electron chi connectivity index (χ2n) is 7.10. The number of nitrogens with zero attached hydrogens (tertiary/aromatic N) is 5. The van der Waals surface area contributed by atoms with E-state index >= 15 is 0 Å². The van der Waals surface area contributed by atoms with Crippen molar-refractivity contribution in [3.8, 4) is 5.69 Å². The molecule has 0 N–H and O–H groups in total. The molecule has 0 bridgehead atoms. The van der Waals surface area contributed by atoms with Crippen molar-refractivity contribution in [2.75, 3.05) is 31.1 Å². The number of carbonyl (C=O) groups excluding carboxylic acids is 1. The summed E-state index contributed by atoms with van der Waals surface area (Å²) >= 11 is 1.70. The summed E-state index contributed by atoms with van der Waals surface area (Å²) in [5.74, 6) is 0.271. The van der Waals surface area contributed by atoms with Gasteiger partial charge in [-0.2, -0.15) is 10.1 Å². The van der Waals surface area contributed by atoms with E-state index < -0.39 is 0 Å². The number of rotatable bonds is 4. The van der Waals surface area contributed by atoms with E-state index in [1.807, 2.05) is 16.5 Å². The molecule has 4 rings (SSSR count). The molecule has 1 amide bonds. The molecule has 142 valence electrons. The van der Waals surface area contributed by atoms with Gasteiger partial charge in [-0.1, -0.05) is 36.0 Å². The molecule has 0 spiro atoms. The molecule has 0 saturated carbocycles. The first kappa shape index (κ1) is 18.0. The SMILES string of the molecule is CCCC(=O)N1CCN(c2nc3c(s2)c(C)nn3-c2ccc(C)cc2)CC1. The van der Waals surface area contributed by atoms with Crippen LogP contribution >= 0.6 is 11.3 Å². The summed E-state index contributed by atoms with van der Waals surface area (Å²) in [7, 11) is 0. The highest BCUT2D eigenvalue weighted by molar-refractivity contribution is 7.22. The minimum Gasteiger partial charge on any atom is -0.344 e. The van der Waals surface area contributed by atoms with Crippen molar-refractivity contribution in [1.82, 2.24) is 19.7 Å². The molecule has 27 heavy (non-hydrogen) atoms. The molecular formula is C20H25N5OS. The van der Waals surface area contributed by atoms with E-state index in [-0.39, 0.29) is 5.91 Å².